The number of carboxylic acid groups (broad SMARTS) is 2. The summed E-state index contributed by atoms with van der Waals surface area (Å²) in [6, 6.07) is 8.06. The van der Waals surface area contributed by atoms with Gasteiger partial charge in [-0.3, -0.25) is 4.79 Å². The van der Waals surface area contributed by atoms with Crippen molar-refractivity contribution >= 4 is 17.7 Å². The van der Waals surface area contributed by atoms with E-state index in [1.54, 1.807) is 18.2 Å². The zero-order valence-electron chi connectivity index (χ0n) is 9.93. The second-order valence-corrected chi connectivity index (χ2v) is 2.50. The molecule has 80 valence electrons. The molecule has 17 heavy (non-hydrogen) atoms. The molecule has 1 aromatic carbocycles. The third-order valence-electron chi connectivity index (χ3n) is 1.30. The molecule has 0 atom stereocenters. The van der Waals surface area contributed by atoms with Gasteiger partial charge in [0, 0.05) is 6.92 Å². The SMILES string of the molecule is CC(=O)C(=O)[O-].O=C([O-])c1ccccc1.[Na+].[Na+]. The number of aliphatic carboxylic acids is 1. The first-order valence-electron chi connectivity index (χ1n) is 3.93. The van der Waals surface area contributed by atoms with Crippen molar-refractivity contribution in [3.8, 4) is 0 Å². The second kappa shape index (κ2) is 12.3. The Hall–Kier alpha value is -0.170. The number of hydrogen-bond donors (Lipinski definition) is 0. The van der Waals surface area contributed by atoms with Gasteiger partial charge in [-0.25, -0.2) is 0 Å². The predicted molar refractivity (Wildman–Crippen MR) is 46.5 cm³/mol. The summed E-state index contributed by atoms with van der Waals surface area (Å²) >= 11 is 0. The Labute approximate surface area is 143 Å². The smallest absolute Gasteiger partial charge is 0.545 e. The van der Waals surface area contributed by atoms with Gasteiger partial charge in [0.05, 0.1) is 5.97 Å². The summed E-state index contributed by atoms with van der Waals surface area (Å²) in [5.74, 6) is -3.69. The summed E-state index contributed by atoms with van der Waals surface area (Å²) in [7, 11) is 0. The fraction of sp³-hybridized carbons (Fsp3) is 0.100. The second-order valence-electron chi connectivity index (χ2n) is 2.50. The molecule has 5 nitrogen and oxygen atoms in total. The predicted octanol–water partition coefficient (Wildman–Crippen LogP) is -7.62. The molecule has 0 saturated carbocycles. The van der Waals surface area contributed by atoms with Gasteiger partial charge in [-0.1, -0.05) is 30.3 Å². The molecule has 0 spiro atoms. The van der Waals surface area contributed by atoms with Crippen LogP contribution in [0.3, 0.4) is 0 Å². The summed E-state index contributed by atoms with van der Waals surface area (Å²) in [6.07, 6.45) is 0. The fourth-order valence-corrected chi connectivity index (χ4v) is 0.574. The van der Waals surface area contributed by atoms with Gasteiger partial charge in [-0.15, -0.1) is 0 Å². The van der Waals surface area contributed by atoms with Crippen molar-refractivity contribution in [3.05, 3.63) is 35.9 Å². The molecule has 0 unspecified atom stereocenters. The van der Waals surface area contributed by atoms with Crippen LogP contribution in [0, 0.1) is 0 Å². The number of carboxylic acids is 2. The van der Waals surface area contributed by atoms with Crippen LogP contribution in [-0.4, -0.2) is 17.7 Å². The molecule has 0 bridgehead atoms. The van der Waals surface area contributed by atoms with Gasteiger partial charge in [0.1, 0.15) is 5.97 Å². The maximum atomic E-state index is 10.1. The van der Waals surface area contributed by atoms with E-state index in [1.165, 1.54) is 12.1 Å². The van der Waals surface area contributed by atoms with Gasteiger partial charge < -0.3 is 19.8 Å². The maximum absolute atomic E-state index is 10.1. The number of carbonyl (C=O) groups is 3. The van der Waals surface area contributed by atoms with E-state index < -0.39 is 17.7 Å². The summed E-state index contributed by atoms with van der Waals surface area (Å²) < 4.78 is 0. The topological polar surface area (TPSA) is 97.3 Å². The molecule has 0 heterocycles. The number of aromatic carboxylic acids is 1. The Balaban J connectivity index is -0.000000221. The monoisotopic (exact) mass is 254 g/mol. The third-order valence-corrected chi connectivity index (χ3v) is 1.30. The van der Waals surface area contributed by atoms with Crippen molar-refractivity contribution in [2.45, 2.75) is 6.92 Å². The van der Waals surface area contributed by atoms with Crippen LogP contribution < -0.4 is 69.3 Å². The Morgan fingerprint density at radius 3 is 1.47 bits per heavy atom. The summed E-state index contributed by atoms with van der Waals surface area (Å²) in [5.41, 5.74) is 0.220. The Bertz CT molecular complexity index is 352. The Kier molecular flexibility index (Phi) is 15.9. The maximum Gasteiger partial charge on any atom is 1.00 e. The minimum atomic E-state index is -1.63. The molecule has 1 aromatic rings. The number of carbonyl (C=O) groups excluding carboxylic acids is 3. The van der Waals surface area contributed by atoms with Crippen molar-refractivity contribution in [2.24, 2.45) is 0 Å². The first kappa shape index (κ1) is 22.0. The molecular weight excluding hydrogens is 246 g/mol. The van der Waals surface area contributed by atoms with E-state index in [0.717, 1.165) is 6.92 Å². The molecule has 0 aliphatic rings. The molecule has 1 rings (SSSR count). The van der Waals surface area contributed by atoms with Crippen LogP contribution in [0.5, 0.6) is 0 Å². The largest absolute Gasteiger partial charge is 1.00 e. The van der Waals surface area contributed by atoms with Gasteiger partial charge in [-0.2, -0.15) is 0 Å². The number of rotatable bonds is 2. The van der Waals surface area contributed by atoms with Crippen LogP contribution in [0.2, 0.25) is 0 Å². The molecule has 0 saturated heterocycles. The van der Waals surface area contributed by atoms with E-state index in [2.05, 4.69) is 0 Å². The first-order valence-corrected chi connectivity index (χ1v) is 3.93. The number of hydrogen-bond acceptors (Lipinski definition) is 5. The number of ketones is 1. The van der Waals surface area contributed by atoms with Crippen LogP contribution >= 0.6 is 0 Å². The fourth-order valence-electron chi connectivity index (χ4n) is 0.574. The van der Waals surface area contributed by atoms with E-state index in [1.807, 2.05) is 0 Å². The Morgan fingerprint density at radius 2 is 1.29 bits per heavy atom. The van der Waals surface area contributed by atoms with Crippen molar-refractivity contribution in [2.75, 3.05) is 0 Å². The van der Waals surface area contributed by atoms with E-state index in [-0.39, 0.29) is 64.7 Å². The zero-order chi connectivity index (χ0) is 11.8. The van der Waals surface area contributed by atoms with Gasteiger partial charge in [0.2, 0.25) is 0 Å². The minimum absolute atomic E-state index is 0. The zero-order valence-corrected chi connectivity index (χ0v) is 13.9. The van der Waals surface area contributed by atoms with Crippen molar-refractivity contribution < 1.29 is 83.7 Å². The first-order chi connectivity index (χ1) is 6.95. The molecule has 0 radical (unpaired) electrons. The molecule has 0 fully saturated rings. The molecule has 0 N–H and O–H groups in total. The molecule has 0 aliphatic carbocycles. The molecule has 7 heteroatoms. The summed E-state index contributed by atoms with van der Waals surface area (Å²) in [5, 5.41) is 19.3. The quantitative estimate of drug-likeness (QED) is 0.386. The van der Waals surface area contributed by atoms with Crippen LogP contribution in [0.15, 0.2) is 30.3 Å². The van der Waals surface area contributed by atoms with Gasteiger partial charge >= 0.3 is 59.1 Å². The summed E-state index contributed by atoms with van der Waals surface area (Å²) in [6.45, 7) is 0.940. The number of Topliss-reactive ketones (excluding diaryl/α,β-unsaturated/α-hetero) is 1. The van der Waals surface area contributed by atoms with Crippen LogP contribution in [-0.2, 0) is 9.59 Å². The van der Waals surface area contributed by atoms with Gasteiger partial charge in [0.15, 0.2) is 5.78 Å². The average molecular weight is 254 g/mol. The molecule has 0 aliphatic heterocycles. The molecular formula is C10H8Na2O5. The molecule has 0 aromatic heterocycles. The Morgan fingerprint density at radius 1 is 0.941 bits per heavy atom. The van der Waals surface area contributed by atoms with E-state index in [4.69, 9.17) is 0 Å². The standard InChI is InChI=1S/C7H6O2.C3H4O3.2Na/c8-7(9)6-4-2-1-3-5-6;1-2(4)3(5)6;;/h1-5H,(H,8,9);1H3,(H,5,6);;/q;;2*+1/p-2. The molecule has 0 amide bonds. The van der Waals surface area contributed by atoms with E-state index in [9.17, 15) is 24.6 Å². The normalized spacial score (nSPS) is 7.35. The minimum Gasteiger partial charge on any atom is -0.545 e. The van der Waals surface area contributed by atoms with Gasteiger partial charge in [-0.05, 0) is 5.56 Å². The van der Waals surface area contributed by atoms with E-state index >= 15 is 0 Å². The van der Waals surface area contributed by atoms with Gasteiger partial charge in [0.25, 0.3) is 0 Å². The number of benzene rings is 1. The van der Waals surface area contributed by atoms with Crippen molar-refractivity contribution in [1.29, 1.82) is 0 Å². The van der Waals surface area contributed by atoms with Crippen molar-refractivity contribution in [1.82, 2.24) is 0 Å². The van der Waals surface area contributed by atoms with Crippen LogP contribution in [0.4, 0.5) is 0 Å². The van der Waals surface area contributed by atoms with Crippen LogP contribution in [0.25, 0.3) is 0 Å². The average Bonchev–Trinajstić information content (AvgIpc) is 2.20. The van der Waals surface area contributed by atoms with E-state index in [0.29, 0.717) is 0 Å². The van der Waals surface area contributed by atoms with Crippen molar-refractivity contribution in [3.63, 3.8) is 0 Å². The summed E-state index contributed by atoms with van der Waals surface area (Å²) in [4.78, 5) is 28.8. The third kappa shape index (κ3) is 12.1. The van der Waals surface area contributed by atoms with Crippen LogP contribution in [0.1, 0.15) is 17.3 Å².